The fourth-order valence-electron chi connectivity index (χ4n) is 3.27. The fourth-order valence-corrected chi connectivity index (χ4v) is 3.27. The molecule has 0 aromatic carbocycles. The molecule has 1 fully saturated rings. The van der Waals surface area contributed by atoms with Crippen molar-refractivity contribution in [1.29, 1.82) is 0 Å². The molecule has 1 atom stereocenters. The summed E-state index contributed by atoms with van der Waals surface area (Å²) in [7, 11) is 1.72. The zero-order chi connectivity index (χ0) is 17.8. The van der Waals surface area contributed by atoms with E-state index in [4.69, 9.17) is 4.99 Å². The molecular weight excluding hydrogens is 300 g/mol. The number of carbonyl (C=O) groups is 1. The lowest BCUT2D eigenvalue weighted by Crippen LogP contribution is -2.46. The van der Waals surface area contributed by atoms with Crippen LogP contribution >= 0.6 is 0 Å². The summed E-state index contributed by atoms with van der Waals surface area (Å²) in [6.07, 6.45) is 7.86. The summed E-state index contributed by atoms with van der Waals surface area (Å²) in [6, 6.07) is 0. The van der Waals surface area contributed by atoms with E-state index in [2.05, 4.69) is 36.3 Å². The number of guanidine groups is 1. The Hall–Kier alpha value is -1.26. The Morgan fingerprint density at radius 2 is 1.96 bits per heavy atom. The highest BCUT2D eigenvalue weighted by Gasteiger charge is 2.23. The van der Waals surface area contributed by atoms with E-state index < -0.39 is 0 Å². The zero-order valence-electron chi connectivity index (χ0n) is 16.2. The molecule has 1 saturated heterocycles. The number of rotatable bonds is 9. The largest absolute Gasteiger partial charge is 0.359 e. The first kappa shape index (κ1) is 20.8. The molecule has 0 aromatic heterocycles. The number of hydrogen-bond acceptors (Lipinski definition) is 2. The van der Waals surface area contributed by atoms with E-state index in [1.54, 1.807) is 7.05 Å². The lowest BCUT2D eigenvalue weighted by molar-refractivity contribution is -0.121. The minimum atomic E-state index is 0.163. The first-order valence-corrected chi connectivity index (χ1v) is 9.88. The molecule has 0 aromatic rings. The third-order valence-electron chi connectivity index (χ3n) is 5.04. The molecule has 140 valence electrons. The summed E-state index contributed by atoms with van der Waals surface area (Å²) in [5, 5.41) is 6.19. The van der Waals surface area contributed by atoms with Crippen LogP contribution in [0.25, 0.3) is 0 Å². The highest BCUT2D eigenvalue weighted by Crippen LogP contribution is 2.21. The SMILES string of the molecule is CCCCC(CC)CN=C(NCC)N1CCC(CC(=O)NC)CC1. The molecule has 0 saturated carbocycles. The van der Waals surface area contributed by atoms with E-state index in [1.807, 2.05) is 0 Å². The Kier molecular flexibility index (Phi) is 10.5. The number of carbonyl (C=O) groups excluding carboxylic acids is 1. The molecule has 5 heteroatoms. The molecule has 0 spiro atoms. The average Bonchev–Trinajstić information content (AvgIpc) is 2.61. The van der Waals surface area contributed by atoms with Crippen molar-refractivity contribution in [3.63, 3.8) is 0 Å². The second-order valence-corrected chi connectivity index (χ2v) is 6.92. The predicted molar refractivity (Wildman–Crippen MR) is 102 cm³/mol. The monoisotopic (exact) mass is 338 g/mol. The second kappa shape index (κ2) is 12.2. The summed E-state index contributed by atoms with van der Waals surface area (Å²) in [5.41, 5.74) is 0. The molecule has 5 nitrogen and oxygen atoms in total. The Morgan fingerprint density at radius 1 is 1.25 bits per heavy atom. The van der Waals surface area contributed by atoms with Gasteiger partial charge >= 0.3 is 0 Å². The van der Waals surface area contributed by atoms with Gasteiger partial charge in [0.2, 0.25) is 5.91 Å². The lowest BCUT2D eigenvalue weighted by atomic mass is 9.93. The summed E-state index contributed by atoms with van der Waals surface area (Å²) in [5.74, 6) is 2.43. The molecule has 0 radical (unpaired) electrons. The maximum atomic E-state index is 11.5. The van der Waals surface area contributed by atoms with Crippen molar-refractivity contribution in [3.8, 4) is 0 Å². The number of aliphatic imine (C=N–C) groups is 1. The maximum absolute atomic E-state index is 11.5. The van der Waals surface area contributed by atoms with Crippen LogP contribution < -0.4 is 10.6 Å². The molecular formula is C19H38N4O. The quantitative estimate of drug-likeness (QED) is 0.502. The molecule has 1 rings (SSSR count). The van der Waals surface area contributed by atoms with E-state index in [0.717, 1.165) is 45.0 Å². The standard InChI is InChI=1S/C19H38N4O/c1-5-8-9-16(6-2)15-22-19(21-7-3)23-12-10-17(11-13-23)14-18(24)20-4/h16-17H,5-15H2,1-4H3,(H,20,24)(H,21,22). The third kappa shape index (κ3) is 7.54. The van der Waals surface area contributed by atoms with Crippen LogP contribution in [0.4, 0.5) is 0 Å². The van der Waals surface area contributed by atoms with Crippen molar-refractivity contribution < 1.29 is 4.79 Å². The maximum Gasteiger partial charge on any atom is 0.220 e. The number of nitrogens with one attached hydrogen (secondary N) is 2. The smallest absolute Gasteiger partial charge is 0.220 e. The van der Waals surface area contributed by atoms with Crippen molar-refractivity contribution >= 4 is 11.9 Å². The van der Waals surface area contributed by atoms with Crippen LogP contribution in [0.1, 0.15) is 65.7 Å². The Labute approximate surface area is 148 Å². The Bertz CT molecular complexity index is 376. The molecule has 0 aliphatic carbocycles. The molecule has 0 bridgehead atoms. The van der Waals surface area contributed by atoms with Gasteiger partial charge in [-0.25, -0.2) is 0 Å². The lowest BCUT2D eigenvalue weighted by Gasteiger charge is -2.34. The van der Waals surface area contributed by atoms with Gasteiger partial charge in [0, 0.05) is 39.6 Å². The van der Waals surface area contributed by atoms with Crippen molar-refractivity contribution in [1.82, 2.24) is 15.5 Å². The van der Waals surface area contributed by atoms with E-state index >= 15 is 0 Å². The predicted octanol–water partition coefficient (Wildman–Crippen LogP) is 3.02. The zero-order valence-corrected chi connectivity index (χ0v) is 16.2. The summed E-state index contributed by atoms with van der Waals surface area (Å²) in [4.78, 5) is 18.8. The van der Waals surface area contributed by atoms with Gasteiger partial charge in [0.1, 0.15) is 0 Å². The van der Waals surface area contributed by atoms with E-state index in [1.165, 1.54) is 25.7 Å². The van der Waals surface area contributed by atoms with Gasteiger partial charge in [0.05, 0.1) is 0 Å². The molecule has 1 aliphatic heterocycles. The van der Waals surface area contributed by atoms with E-state index in [9.17, 15) is 4.79 Å². The Balaban J connectivity index is 2.52. The van der Waals surface area contributed by atoms with Crippen LogP contribution in [-0.4, -0.2) is 50.0 Å². The van der Waals surface area contributed by atoms with Gasteiger partial charge in [0.25, 0.3) is 0 Å². The normalized spacial score (nSPS) is 17.7. The van der Waals surface area contributed by atoms with Crippen LogP contribution in [0, 0.1) is 11.8 Å². The molecule has 1 heterocycles. The highest BCUT2D eigenvalue weighted by atomic mass is 16.1. The van der Waals surface area contributed by atoms with Gasteiger partial charge in [-0.05, 0) is 38.0 Å². The van der Waals surface area contributed by atoms with Gasteiger partial charge in [-0.2, -0.15) is 0 Å². The van der Waals surface area contributed by atoms with Crippen LogP contribution in [0.5, 0.6) is 0 Å². The van der Waals surface area contributed by atoms with Crippen LogP contribution in [0.15, 0.2) is 4.99 Å². The first-order valence-electron chi connectivity index (χ1n) is 9.88. The minimum Gasteiger partial charge on any atom is -0.359 e. The number of nitrogens with zero attached hydrogens (tertiary/aromatic N) is 2. The van der Waals surface area contributed by atoms with Crippen molar-refractivity contribution in [2.24, 2.45) is 16.8 Å². The summed E-state index contributed by atoms with van der Waals surface area (Å²) in [6.45, 7) is 10.5. The first-order chi connectivity index (χ1) is 11.6. The number of likely N-dealkylation sites (tertiary alicyclic amines) is 1. The fraction of sp³-hybridized carbons (Fsp3) is 0.895. The summed E-state index contributed by atoms with van der Waals surface area (Å²) < 4.78 is 0. The minimum absolute atomic E-state index is 0.163. The second-order valence-electron chi connectivity index (χ2n) is 6.92. The third-order valence-corrected chi connectivity index (χ3v) is 5.04. The van der Waals surface area contributed by atoms with Crippen molar-refractivity contribution in [2.45, 2.75) is 65.7 Å². The van der Waals surface area contributed by atoms with Gasteiger partial charge in [0.15, 0.2) is 5.96 Å². The molecule has 24 heavy (non-hydrogen) atoms. The van der Waals surface area contributed by atoms with Crippen LogP contribution in [0.2, 0.25) is 0 Å². The van der Waals surface area contributed by atoms with E-state index in [-0.39, 0.29) is 5.91 Å². The number of amides is 1. The average molecular weight is 339 g/mol. The molecule has 1 unspecified atom stereocenters. The van der Waals surface area contributed by atoms with E-state index in [0.29, 0.717) is 18.3 Å². The van der Waals surface area contributed by atoms with Crippen LogP contribution in [-0.2, 0) is 4.79 Å². The van der Waals surface area contributed by atoms with Crippen LogP contribution in [0.3, 0.4) is 0 Å². The van der Waals surface area contributed by atoms with Gasteiger partial charge in [-0.15, -0.1) is 0 Å². The van der Waals surface area contributed by atoms with Gasteiger partial charge in [-0.1, -0.05) is 33.1 Å². The highest BCUT2D eigenvalue weighted by molar-refractivity contribution is 5.80. The Morgan fingerprint density at radius 3 is 2.50 bits per heavy atom. The number of unbranched alkanes of at least 4 members (excludes halogenated alkanes) is 1. The number of hydrogen-bond donors (Lipinski definition) is 2. The van der Waals surface area contributed by atoms with Crippen molar-refractivity contribution in [3.05, 3.63) is 0 Å². The molecule has 2 N–H and O–H groups in total. The number of piperidine rings is 1. The van der Waals surface area contributed by atoms with Gasteiger partial charge in [-0.3, -0.25) is 9.79 Å². The topological polar surface area (TPSA) is 56.7 Å². The molecule has 1 amide bonds. The van der Waals surface area contributed by atoms with Crippen molar-refractivity contribution in [2.75, 3.05) is 33.2 Å². The summed E-state index contributed by atoms with van der Waals surface area (Å²) >= 11 is 0. The molecule has 1 aliphatic rings. The van der Waals surface area contributed by atoms with Gasteiger partial charge < -0.3 is 15.5 Å².